The zero-order chi connectivity index (χ0) is 25.9. The first-order valence-corrected chi connectivity index (χ1v) is 12.8. The molecule has 9 heteroatoms. The summed E-state index contributed by atoms with van der Waals surface area (Å²) in [5.74, 6) is -1.55. The van der Waals surface area contributed by atoms with Crippen LogP contribution in [-0.4, -0.2) is 24.1 Å². The lowest BCUT2D eigenvalue weighted by atomic mass is 10.0. The van der Waals surface area contributed by atoms with E-state index in [2.05, 4.69) is 0 Å². The fourth-order valence-corrected chi connectivity index (χ4v) is 5.37. The first kappa shape index (κ1) is 25.4. The molecule has 4 aromatic rings. The third kappa shape index (κ3) is 4.96. The van der Waals surface area contributed by atoms with Gasteiger partial charge in [0, 0.05) is 35.9 Å². The molecule has 1 N–H and O–H groups in total. The largest absolute Gasteiger partial charge is 0.454 e. The van der Waals surface area contributed by atoms with Crippen LogP contribution in [0.3, 0.4) is 0 Å². The molecule has 36 heavy (non-hydrogen) atoms. The molecule has 0 fully saturated rings. The van der Waals surface area contributed by atoms with Gasteiger partial charge in [-0.05, 0) is 56.5 Å². The number of unbranched alkanes of at least 4 members (excludes halogenated alkanes) is 2. The standard InChI is InChI=1S/C27H24F2N2O4S/c1-18-6-9-21(10-7-18)36(33,34)31-13-12-22-23(5-3-2-4-14-32)27(25(29)16-26(22)31)35-20-8-11-24(28)19(15-20)17-30/h6-13,15-16,32H,2-5,14H2,1H3. The maximum absolute atomic E-state index is 15.5. The molecule has 0 unspecified atom stereocenters. The number of aliphatic hydroxyl groups is 1. The first-order valence-electron chi connectivity index (χ1n) is 11.4. The molecule has 4 rings (SSSR count). The summed E-state index contributed by atoms with van der Waals surface area (Å²) in [5.41, 5.74) is 1.27. The van der Waals surface area contributed by atoms with Gasteiger partial charge in [-0.2, -0.15) is 5.26 Å². The van der Waals surface area contributed by atoms with Gasteiger partial charge in [0.25, 0.3) is 10.0 Å². The van der Waals surface area contributed by atoms with Crippen LogP contribution in [0.4, 0.5) is 8.78 Å². The van der Waals surface area contributed by atoms with E-state index in [4.69, 9.17) is 15.1 Å². The van der Waals surface area contributed by atoms with E-state index in [1.54, 1.807) is 24.3 Å². The molecular weight excluding hydrogens is 486 g/mol. The van der Waals surface area contributed by atoms with Crippen molar-refractivity contribution in [2.24, 2.45) is 0 Å². The Labute approximate surface area is 208 Å². The Balaban J connectivity index is 1.84. The monoisotopic (exact) mass is 510 g/mol. The maximum atomic E-state index is 15.5. The number of hydrogen-bond donors (Lipinski definition) is 1. The maximum Gasteiger partial charge on any atom is 0.268 e. The minimum atomic E-state index is -3.99. The lowest BCUT2D eigenvalue weighted by Gasteiger charge is -2.15. The van der Waals surface area contributed by atoms with E-state index in [1.165, 1.54) is 30.5 Å². The normalized spacial score (nSPS) is 11.5. The van der Waals surface area contributed by atoms with Crippen LogP contribution in [0.25, 0.3) is 10.9 Å². The highest BCUT2D eigenvalue weighted by Gasteiger charge is 2.24. The molecular formula is C27H24F2N2O4S. The minimum absolute atomic E-state index is 0.0274. The predicted octanol–water partition coefficient (Wildman–Crippen LogP) is 5.83. The fraction of sp³-hybridized carbons (Fsp3) is 0.222. The molecule has 0 aliphatic heterocycles. The number of aliphatic hydroxyl groups excluding tert-OH is 1. The molecule has 0 aliphatic carbocycles. The van der Waals surface area contributed by atoms with Gasteiger partial charge >= 0.3 is 0 Å². The van der Waals surface area contributed by atoms with Gasteiger partial charge < -0.3 is 9.84 Å². The van der Waals surface area contributed by atoms with Crippen molar-refractivity contribution in [1.29, 1.82) is 5.26 Å². The molecule has 186 valence electrons. The van der Waals surface area contributed by atoms with E-state index in [0.29, 0.717) is 36.6 Å². The van der Waals surface area contributed by atoms with Crippen LogP contribution in [0.1, 0.15) is 36.0 Å². The van der Waals surface area contributed by atoms with Crippen molar-refractivity contribution in [3.8, 4) is 17.6 Å². The minimum Gasteiger partial charge on any atom is -0.454 e. The number of aromatic nitrogens is 1. The molecule has 6 nitrogen and oxygen atoms in total. The Kier molecular flexibility index (Phi) is 7.38. The number of aryl methyl sites for hydroxylation is 2. The number of hydrogen-bond acceptors (Lipinski definition) is 5. The van der Waals surface area contributed by atoms with E-state index >= 15 is 4.39 Å². The van der Waals surface area contributed by atoms with E-state index < -0.39 is 21.7 Å². The Morgan fingerprint density at radius 2 is 1.75 bits per heavy atom. The molecule has 3 aromatic carbocycles. The van der Waals surface area contributed by atoms with E-state index in [-0.39, 0.29) is 34.1 Å². The van der Waals surface area contributed by atoms with Gasteiger partial charge in [0.05, 0.1) is 16.0 Å². The molecule has 0 saturated carbocycles. The summed E-state index contributed by atoms with van der Waals surface area (Å²) in [7, 11) is -3.99. The quantitative estimate of drug-likeness (QED) is 0.286. The Morgan fingerprint density at radius 1 is 1.00 bits per heavy atom. The number of rotatable bonds is 9. The van der Waals surface area contributed by atoms with Gasteiger partial charge in [-0.15, -0.1) is 0 Å². The Morgan fingerprint density at radius 3 is 2.44 bits per heavy atom. The van der Waals surface area contributed by atoms with Crippen molar-refractivity contribution >= 4 is 20.9 Å². The van der Waals surface area contributed by atoms with E-state index in [0.717, 1.165) is 21.7 Å². The second kappa shape index (κ2) is 10.5. The van der Waals surface area contributed by atoms with Gasteiger partial charge in [0.1, 0.15) is 17.6 Å². The van der Waals surface area contributed by atoms with Crippen molar-refractivity contribution in [2.45, 2.75) is 37.5 Å². The SMILES string of the molecule is Cc1ccc(S(=O)(=O)n2ccc3c(CCCCCO)c(Oc4ccc(F)c(C#N)c4)c(F)cc32)cc1. The molecule has 0 saturated heterocycles. The molecule has 1 aromatic heterocycles. The van der Waals surface area contributed by atoms with Gasteiger partial charge in [0.2, 0.25) is 0 Å². The summed E-state index contributed by atoms with van der Waals surface area (Å²) >= 11 is 0. The third-order valence-electron chi connectivity index (χ3n) is 5.91. The predicted molar refractivity (Wildman–Crippen MR) is 131 cm³/mol. The van der Waals surface area contributed by atoms with Gasteiger partial charge in [0.15, 0.2) is 11.6 Å². The number of nitrogens with zero attached hydrogens (tertiary/aromatic N) is 2. The average molecular weight is 511 g/mol. The third-order valence-corrected chi connectivity index (χ3v) is 7.61. The number of nitriles is 1. The zero-order valence-corrected chi connectivity index (χ0v) is 20.4. The van der Waals surface area contributed by atoms with Crippen molar-refractivity contribution in [1.82, 2.24) is 3.97 Å². The second-order valence-corrected chi connectivity index (χ2v) is 10.2. The highest BCUT2D eigenvalue weighted by Crippen LogP contribution is 2.37. The molecule has 0 atom stereocenters. The summed E-state index contributed by atoms with van der Waals surface area (Å²) in [4.78, 5) is 0.0752. The van der Waals surface area contributed by atoms with Gasteiger partial charge in [-0.25, -0.2) is 21.2 Å². The average Bonchev–Trinajstić information content (AvgIpc) is 3.29. The van der Waals surface area contributed by atoms with Crippen LogP contribution in [0, 0.1) is 29.9 Å². The molecule has 0 spiro atoms. The number of fused-ring (bicyclic) bond motifs is 1. The summed E-state index contributed by atoms with van der Waals surface area (Å²) in [6.45, 7) is 1.88. The molecule has 1 heterocycles. The summed E-state index contributed by atoms with van der Waals surface area (Å²) in [6.07, 6.45) is 3.57. The van der Waals surface area contributed by atoms with Crippen LogP contribution in [0.15, 0.2) is 65.7 Å². The fourth-order valence-electron chi connectivity index (χ4n) is 4.03. The smallest absolute Gasteiger partial charge is 0.268 e. The van der Waals surface area contributed by atoms with Crippen LogP contribution >= 0.6 is 0 Å². The summed E-state index contributed by atoms with van der Waals surface area (Å²) in [6, 6.07) is 14.3. The molecule has 0 bridgehead atoms. The van der Waals surface area contributed by atoms with E-state index in [9.17, 15) is 12.8 Å². The molecule has 0 aliphatic rings. The second-order valence-electron chi connectivity index (χ2n) is 8.42. The number of benzene rings is 3. The van der Waals surface area contributed by atoms with Crippen molar-refractivity contribution in [2.75, 3.05) is 6.61 Å². The van der Waals surface area contributed by atoms with Crippen LogP contribution in [0.5, 0.6) is 11.5 Å². The zero-order valence-electron chi connectivity index (χ0n) is 19.5. The van der Waals surface area contributed by atoms with Gasteiger partial charge in [-0.1, -0.05) is 24.1 Å². The molecule has 0 amide bonds. The van der Waals surface area contributed by atoms with Gasteiger partial charge in [-0.3, -0.25) is 0 Å². The number of ether oxygens (including phenoxy) is 1. The van der Waals surface area contributed by atoms with Crippen LogP contribution in [-0.2, 0) is 16.4 Å². The van der Waals surface area contributed by atoms with E-state index in [1.807, 2.05) is 6.92 Å². The Hall–Kier alpha value is -3.74. The van der Waals surface area contributed by atoms with Crippen molar-refractivity contribution < 1.29 is 27.0 Å². The Bertz CT molecular complexity index is 1560. The summed E-state index contributed by atoms with van der Waals surface area (Å²) in [5, 5.41) is 18.7. The highest BCUT2D eigenvalue weighted by molar-refractivity contribution is 7.90. The lowest BCUT2D eigenvalue weighted by Crippen LogP contribution is -2.12. The van der Waals surface area contributed by atoms with Crippen LogP contribution in [0.2, 0.25) is 0 Å². The summed E-state index contributed by atoms with van der Waals surface area (Å²) < 4.78 is 62.8. The van der Waals surface area contributed by atoms with Crippen molar-refractivity contribution in [3.63, 3.8) is 0 Å². The first-order chi connectivity index (χ1) is 17.3. The molecule has 0 radical (unpaired) electrons. The van der Waals surface area contributed by atoms with Crippen molar-refractivity contribution in [3.05, 3.63) is 89.1 Å². The van der Waals surface area contributed by atoms with Crippen LogP contribution < -0.4 is 4.74 Å². The highest BCUT2D eigenvalue weighted by atomic mass is 32.2. The lowest BCUT2D eigenvalue weighted by molar-refractivity contribution is 0.283. The number of halogens is 2. The topological polar surface area (TPSA) is 92.3 Å².